The number of nitrogens with zero attached hydrogens (tertiary/aromatic N) is 2. The van der Waals surface area contributed by atoms with Crippen LogP contribution in [-0.4, -0.2) is 34.8 Å². The highest BCUT2D eigenvalue weighted by Crippen LogP contribution is 2.51. The number of benzene rings is 2. The lowest BCUT2D eigenvalue weighted by atomic mass is 9.72. The Morgan fingerprint density at radius 1 is 0.882 bits per heavy atom. The van der Waals surface area contributed by atoms with Gasteiger partial charge in [0.1, 0.15) is 5.84 Å². The van der Waals surface area contributed by atoms with Crippen molar-refractivity contribution in [2.75, 3.05) is 13.1 Å². The van der Waals surface area contributed by atoms with Crippen molar-refractivity contribution in [3.8, 4) is 0 Å². The zero-order chi connectivity index (χ0) is 23.2. The second-order valence-electron chi connectivity index (χ2n) is 9.22. The fourth-order valence-corrected chi connectivity index (χ4v) is 6.92. The van der Waals surface area contributed by atoms with Crippen LogP contribution in [0.3, 0.4) is 0 Å². The van der Waals surface area contributed by atoms with Crippen molar-refractivity contribution in [1.29, 1.82) is 10.8 Å². The van der Waals surface area contributed by atoms with E-state index in [9.17, 15) is 0 Å². The summed E-state index contributed by atoms with van der Waals surface area (Å²) in [7, 11) is 0. The molecular formula is C27H26BrN5S. The van der Waals surface area contributed by atoms with Gasteiger partial charge < -0.3 is 10.2 Å². The minimum atomic E-state index is 0.181. The highest BCUT2D eigenvalue weighted by molar-refractivity contribution is 9.10. The van der Waals surface area contributed by atoms with Gasteiger partial charge in [0.15, 0.2) is 11.0 Å². The second-order valence-corrected chi connectivity index (χ2v) is 11.1. The number of likely N-dealkylation sites (tertiary alicyclic amines) is 1. The fraction of sp³-hybridized carbons (Fsp3) is 0.296. The van der Waals surface area contributed by atoms with Crippen LogP contribution in [0.4, 0.5) is 0 Å². The molecule has 1 aliphatic carbocycles. The van der Waals surface area contributed by atoms with Crippen molar-refractivity contribution in [2.45, 2.75) is 37.5 Å². The topological polar surface area (TPSA) is 75.3 Å². The zero-order valence-corrected chi connectivity index (χ0v) is 21.2. The number of thioether (sulfide) groups is 1. The Morgan fingerprint density at radius 3 is 2.24 bits per heavy atom. The lowest BCUT2D eigenvalue weighted by Gasteiger charge is -2.31. The minimum Gasteiger partial charge on any atom is -0.351 e. The largest absolute Gasteiger partial charge is 0.351 e. The number of aliphatic imine (C=N–C) groups is 1. The molecule has 0 spiro atoms. The molecule has 5 nitrogen and oxygen atoms in total. The molecule has 0 radical (unpaired) electrons. The number of nitrogens with one attached hydrogen (secondary N) is 3. The number of rotatable bonds is 2. The van der Waals surface area contributed by atoms with E-state index in [-0.39, 0.29) is 11.8 Å². The van der Waals surface area contributed by atoms with Crippen LogP contribution in [0.5, 0.6) is 0 Å². The van der Waals surface area contributed by atoms with Crippen molar-refractivity contribution >= 4 is 44.5 Å². The van der Waals surface area contributed by atoms with Crippen molar-refractivity contribution < 1.29 is 0 Å². The molecule has 1 fully saturated rings. The zero-order valence-electron chi connectivity index (χ0n) is 18.8. The summed E-state index contributed by atoms with van der Waals surface area (Å²) in [4.78, 5) is 7.79. The summed E-state index contributed by atoms with van der Waals surface area (Å²) in [5.41, 5.74) is 5.69. The molecule has 172 valence electrons. The number of amidine groups is 3. The van der Waals surface area contributed by atoms with E-state index in [4.69, 9.17) is 10.8 Å². The van der Waals surface area contributed by atoms with Gasteiger partial charge in [-0.1, -0.05) is 58.4 Å². The van der Waals surface area contributed by atoms with E-state index in [0.29, 0.717) is 11.7 Å². The van der Waals surface area contributed by atoms with Gasteiger partial charge in [0.2, 0.25) is 0 Å². The molecule has 2 aromatic rings. The van der Waals surface area contributed by atoms with Crippen LogP contribution in [0, 0.1) is 10.8 Å². The van der Waals surface area contributed by atoms with E-state index in [2.05, 4.69) is 79.7 Å². The summed E-state index contributed by atoms with van der Waals surface area (Å²) in [6, 6.07) is 19.1. The lowest BCUT2D eigenvalue weighted by Crippen LogP contribution is -2.23. The van der Waals surface area contributed by atoms with E-state index in [1.807, 2.05) is 6.07 Å². The van der Waals surface area contributed by atoms with Gasteiger partial charge in [-0.05, 0) is 66.3 Å². The van der Waals surface area contributed by atoms with Crippen molar-refractivity contribution in [3.63, 3.8) is 0 Å². The van der Waals surface area contributed by atoms with E-state index >= 15 is 0 Å². The molecule has 3 N–H and O–H groups in total. The summed E-state index contributed by atoms with van der Waals surface area (Å²) in [5, 5.41) is 22.0. The van der Waals surface area contributed by atoms with Crippen LogP contribution in [0.15, 0.2) is 85.8 Å². The maximum atomic E-state index is 8.98. The molecule has 2 aromatic carbocycles. The molecule has 3 aliphatic heterocycles. The first-order valence-electron chi connectivity index (χ1n) is 11.9. The predicted molar refractivity (Wildman–Crippen MR) is 144 cm³/mol. The molecule has 6 rings (SSSR count). The molecule has 3 heterocycles. The maximum absolute atomic E-state index is 8.98. The number of halogens is 1. The molecule has 34 heavy (non-hydrogen) atoms. The molecule has 2 unspecified atom stereocenters. The first kappa shape index (κ1) is 21.9. The average Bonchev–Trinajstić information content (AvgIpc) is 3.59. The molecule has 0 aromatic heterocycles. The van der Waals surface area contributed by atoms with Crippen molar-refractivity contribution in [1.82, 2.24) is 10.2 Å². The Kier molecular flexibility index (Phi) is 5.70. The smallest absolute Gasteiger partial charge is 0.171 e. The van der Waals surface area contributed by atoms with Gasteiger partial charge in [-0.3, -0.25) is 10.8 Å². The SMILES string of the molecule is N=C1N=C(N2CCCC2)SC1=C1NC(=N)C2=C1C(c1ccc(Br)cc1)CCC2c1ccccc1. The normalized spacial score (nSPS) is 26.7. The van der Waals surface area contributed by atoms with Crippen LogP contribution in [0.25, 0.3) is 0 Å². The Labute approximate surface area is 212 Å². The number of hydrogen-bond acceptors (Lipinski definition) is 4. The van der Waals surface area contributed by atoms with E-state index in [1.54, 1.807) is 11.8 Å². The third kappa shape index (κ3) is 3.75. The lowest BCUT2D eigenvalue weighted by molar-refractivity contribution is 0.531. The van der Waals surface area contributed by atoms with Gasteiger partial charge in [-0.25, -0.2) is 4.99 Å². The maximum Gasteiger partial charge on any atom is 0.171 e. The summed E-state index contributed by atoms with van der Waals surface area (Å²) in [6.07, 6.45) is 4.36. The van der Waals surface area contributed by atoms with E-state index < -0.39 is 0 Å². The quantitative estimate of drug-likeness (QED) is 0.421. The monoisotopic (exact) mass is 531 g/mol. The van der Waals surface area contributed by atoms with Crippen LogP contribution in [0.2, 0.25) is 0 Å². The Hall–Kier alpha value is -2.64. The number of allylic oxidation sites excluding steroid dienone is 1. The van der Waals surface area contributed by atoms with Gasteiger partial charge in [0.05, 0.1) is 10.6 Å². The Bertz CT molecular complexity index is 1260. The molecular weight excluding hydrogens is 506 g/mol. The number of hydrogen-bond donors (Lipinski definition) is 3. The van der Waals surface area contributed by atoms with Gasteiger partial charge in [0.25, 0.3) is 0 Å². The van der Waals surface area contributed by atoms with E-state index in [0.717, 1.165) is 51.7 Å². The second kappa shape index (κ2) is 8.86. The summed E-state index contributed by atoms with van der Waals surface area (Å²) in [6.45, 7) is 2.02. The molecule has 7 heteroatoms. The Balaban J connectivity index is 1.48. The van der Waals surface area contributed by atoms with E-state index in [1.165, 1.54) is 29.5 Å². The van der Waals surface area contributed by atoms with Crippen molar-refractivity contribution in [3.05, 3.63) is 91.9 Å². The van der Waals surface area contributed by atoms with Gasteiger partial charge in [-0.15, -0.1) is 0 Å². The minimum absolute atomic E-state index is 0.181. The summed E-state index contributed by atoms with van der Waals surface area (Å²) in [5.74, 6) is 1.15. The highest BCUT2D eigenvalue weighted by atomic mass is 79.9. The molecule has 0 amide bonds. The first-order valence-corrected chi connectivity index (χ1v) is 13.5. The molecule has 4 aliphatic rings. The third-order valence-corrected chi connectivity index (χ3v) is 8.88. The Morgan fingerprint density at radius 2 is 1.53 bits per heavy atom. The average molecular weight is 533 g/mol. The van der Waals surface area contributed by atoms with Gasteiger partial charge in [0, 0.05) is 35.0 Å². The van der Waals surface area contributed by atoms with Crippen molar-refractivity contribution in [2.24, 2.45) is 4.99 Å². The van der Waals surface area contributed by atoms with Gasteiger partial charge >= 0.3 is 0 Å². The highest BCUT2D eigenvalue weighted by Gasteiger charge is 2.42. The fourth-order valence-electron chi connectivity index (χ4n) is 5.62. The van der Waals surface area contributed by atoms with Crippen LogP contribution in [-0.2, 0) is 0 Å². The standard InChI is InChI=1S/C27H26BrN5S/c28-18-10-8-17(9-11-18)19-12-13-20(16-6-2-1-3-7-16)22-21(19)23(31-25(22)29)24-26(30)32-27(34-24)33-14-4-5-15-33/h1-3,6-11,19-20,30H,4-5,12-15H2,(H2,29,31). The molecule has 0 saturated carbocycles. The van der Waals surface area contributed by atoms with Crippen LogP contribution < -0.4 is 5.32 Å². The molecule has 2 atom stereocenters. The van der Waals surface area contributed by atoms with Gasteiger partial charge in [-0.2, -0.15) is 0 Å². The molecule has 0 bridgehead atoms. The summed E-state index contributed by atoms with van der Waals surface area (Å²) < 4.78 is 1.07. The molecule has 1 saturated heterocycles. The predicted octanol–water partition coefficient (Wildman–Crippen LogP) is 6.37. The summed E-state index contributed by atoms with van der Waals surface area (Å²) >= 11 is 5.17. The third-order valence-electron chi connectivity index (χ3n) is 7.21. The first-order chi connectivity index (χ1) is 16.6. The van der Waals surface area contributed by atoms with Crippen LogP contribution >= 0.6 is 27.7 Å². The van der Waals surface area contributed by atoms with Crippen LogP contribution in [0.1, 0.15) is 48.6 Å².